The van der Waals surface area contributed by atoms with E-state index in [-0.39, 0.29) is 5.54 Å². The van der Waals surface area contributed by atoms with Gasteiger partial charge in [0.25, 0.3) is 0 Å². The van der Waals surface area contributed by atoms with Gasteiger partial charge in [0.2, 0.25) is 0 Å². The highest BCUT2D eigenvalue weighted by molar-refractivity contribution is 4.70. The second kappa shape index (κ2) is 5.82. The molecule has 0 aromatic carbocycles. The first-order chi connectivity index (χ1) is 7.08. The first-order valence-corrected chi connectivity index (χ1v) is 5.36. The maximum atomic E-state index is 4.02. The van der Waals surface area contributed by atoms with Gasteiger partial charge < -0.3 is 10.6 Å². The molecule has 0 aliphatic heterocycles. The third-order valence-electron chi connectivity index (χ3n) is 1.94. The number of aromatic nitrogens is 3. The van der Waals surface area contributed by atoms with Gasteiger partial charge in [-0.2, -0.15) is 5.10 Å². The van der Waals surface area contributed by atoms with E-state index in [9.17, 15) is 0 Å². The van der Waals surface area contributed by atoms with Crippen LogP contribution in [0.2, 0.25) is 0 Å². The van der Waals surface area contributed by atoms with Crippen LogP contribution in [0.25, 0.3) is 0 Å². The molecule has 15 heavy (non-hydrogen) atoms. The number of hydrogen-bond donors (Lipinski definition) is 2. The lowest BCUT2D eigenvalue weighted by molar-refractivity contribution is 0.418. The summed E-state index contributed by atoms with van der Waals surface area (Å²) in [4.78, 5) is 3.88. The fourth-order valence-corrected chi connectivity index (χ4v) is 1.19. The molecular weight excluding hydrogens is 190 g/mol. The average molecular weight is 211 g/mol. The Kier molecular flexibility index (Phi) is 4.71. The Balaban J connectivity index is 1.94. The minimum Gasteiger partial charge on any atom is -0.314 e. The third-order valence-corrected chi connectivity index (χ3v) is 1.94. The van der Waals surface area contributed by atoms with Crippen LogP contribution < -0.4 is 10.6 Å². The van der Waals surface area contributed by atoms with Crippen LogP contribution >= 0.6 is 0 Å². The molecule has 0 saturated heterocycles. The predicted molar refractivity (Wildman–Crippen MR) is 60.6 cm³/mol. The monoisotopic (exact) mass is 211 g/mol. The van der Waals surface area contributed by atoms with Gasteiger partial charge in [0.05, 0.1) is 6.54 Å². The molecule has 0 fully saturated rings. The van der Waals surface area contributed by atoms with Gasteiger partial charge in [-0.25, -0.2) is 4.98 Å². The molecule has 2 N–H and O–H groups in total. The van der Waals surface area contributed by atoms with Crippen LogP contribution in [0.3, 0.4) is 0 Å². The number of rotatable bonds is 6. The van der Waals surface area contributed by atoms with E-state index in [1.54, 1.807) is 12.7 Å². The molecule has 0 aliphatic carbocycles. The molecule has 86 valence electrons. The SMILES string of the molecule is CC(C)(C)NCCNCCn1cncn1. The lowest BCUT2D eigenvalue weighted by Gasteiger charge is -2.20. The van der Waals surface area contributed by atoms with Crippen molar-refractivity contribution in [3.8, 4) is 0 Å². The van der Waals surface area contributed by atoms with Crippen LogP contribution in [0.4, 0.5) is 0 Å². The molecule has 0 aliphatic rings. The summed E-state index contributed by atoms with van der Waals surface area (Å²) >= 11 is 0. The van der Waals surface area contributed by atoms with Gasteiger partial charge in [-0.15, -0.1) is 0 Å². The molecular formula is C10H21N5. The van der Waals surface area contributed by atoms with E-state index in [1.807, 2.05) is 4.68 Å². The summed E-state index contributed by atoms with van der Waals surface area (Å²) in [7, 11) is 0. The molecule has 0 atom stereocenters. The fraction of sp³-hybridized carbons (Fsp3) is 0.800. The molecule has 0 radical (unpaired) electrons. The van der Waals surface area contributed by atoms with Crippen LogP contribution in [-0.2, 0) is 6.54 Å². The van der Waals surface area contributed by atoms with Gasteiger partial charge in [0.1, 0.15) is 12.7 Å². The number of hydrogen-bond acceptors (Lipinski definition) is 4. The zero-order valence-electron chi connectivity index (χ0n) is 9.82. The Bertz CT molecular complexity index is 249. The maximum Gasteiger partial charge on any atom is 0.137 e. The third kappa shape index (κ3) is 6.19. The lowest BCUT2D eigenvalue weighted by atomic mass is 10.1. The van der Waals surface area contributed by atoms with Gasteiger partial charge in [0.15, 0.2) is 0 Å². The smallest absolute Gasteiger partial charge is 0.137 e. The molecule has 5 nitrogen and oxygen atoms in total. The maximum absolute atomic E-state index is 4.02. The summed E-state index contributed by atoms with van der Waals surface area (Å²) < 4.78 is 1.82. The van der Waals surface area contributed by atoms with Gasteiger partial charge in [-0.05, 0) is 20.8 Å². The van der Waals surface area contributed by atoms with Crippen molar-refractivity contribution in [1.82, 2.24) is 25.4 Å². The first kappa shape index (κ1) is 12.1. The summed E-state index contributed by atoms with van der Waals surface area (Å²) in [5.41, 5.74) is 0.202. The second-order valence-electron chi connectivity index (χ2n) is 4.59. The summed E-state index contributed by atoms with van der Waals surface area (Å²) in [5, 5.41) is 10.8. The van der Waals surface area contributed by atoms with Crippen molar-refractivity contribution in [3.63, 3.8) is 0 Å². The van der Waals surface area contributed by atoms with E-state index in [0.717, 1.165) is 26.2 Å². The second-order valence-corrected chi connectivity index (χ2v) is 4.59. The zero-order valence-corrected chi connectivity index (χ0v) is 9.82. The molecule has 0 bridgehead atoms. The van der Waals surface area contributed by atoms with Crippen LogP contribution in [0.1, 0.15) is 20.8 Å². The van der Waals surface area contributed by atoms with E-state index in [2.05, 4.69) is 41.5 Å². The van der Waals surface area contributed by atoms with E-state index in [0.29, 0.717) is 0 Å². The highest BCUT2D eigenvalue weighted by atomic mass is 15.3. The highest BCUT2D eigenvalue weighted by Crippen LogP contribution is 1.96. The summed E-state index contributed by atoms with van der Waals surface area (Å²) in [6.45, 7) is 10.3. The fourth-order valence-electron chi connectivity index (χ4n) is 1.19. The van der Waals surface area contributed by atoms with Crippen LogP contribution in [-0.4, -0.2) is 39.9 Å². The standard InChI is InChI=1S/C10H21N5/c1-10(2,3)13-5-4-11-6-7-15-9-12-8-14-15/h8-9,11,13H,4-7H2,1-3H3. The van der Waals surface area contributed by atoms with Gasteiger partial charge in [-0.1, -0.05) is 0 Å². The Morgan fingerprint density at radius 3 is 2.60 bits per heavy atom. The quantitative estimate of drug-likeness (QED) is 0.663. The molecule has 0 unspecified atom stereocenters. The zero-order chi connectivity index (χ0) is 11.1. The van der Waals surface area contributed by atoms with E-state index >= 15 is 0 Å². The van der Waals surface area contributed by atoms with E-state index < -0.39 is 0 Å². The first-order valence-electron chi connectivity index (χ1n) is 5.36. The van der Waals surface area contributed by atoms with Gasteiger partial charge in [0, 0.05) is 25.2 Å². The minimum atomic E-state index is 0.202. The normalized spacial score (nSPS) is 11.9. The minimum absolute atomic E-state index is 0.202. The summed E-state index contributed by atoms with van der Waals surface area (Å²) in [6, 6.07) is 0. The van der Waals surface area contributed by atoms with Gasteiger partial charge >= 0.3 is 0 Å². The molecule has 5 heteroatoms. The molecule has 1 heterocycles. The van der Waals surface area contributed by atoms with E-state index in [1.165, 1.54) is 0 Å². The van der Waals surface area contributed by atoms with Crippen molar-refractivity contribution in [2.45, 2.75) is 32.9 Å². The summed E-state index contributed by atoms with van der Waals surface area (Å²) in [6.07, 6.45) is 3.29. The average Bonchev–Trinajstić information content (AvgIpc) is 2.61. The van der Waals surface area contributed by atoms with Crippen LogP contribution in [0.15, 0.2) is 12.7 Å². The van der Waals surface area contributed by atoms with Crippen LogP contribution in [0.5, 0.6) is 0 Å². The highest BCUT2D eigenvalue weighted by Gasteiger charge is 2.06. The van der Waals surface area contributed by atoms with Crippen molar-refractivity contribution in [2.75, 3.05) is 19.6 Å². The Morgan fingerprint density at radius 2 is 2.00 bits per heavy atom. The van der Waals surface area contributed by atoms with Gasteiger partial charge in [-0.3, -0.25) is 4.68 Å². The van der Waals surface area contributed by atoms with Crippen molar-refractivity contribution in [1.29, 1.82) is 0 Å². The molecule has 1 aromatic rings. The summed E-state index contributed by atoms with van der Waals surface area (Å²) in [5.74, 6) is 0. The molecule has 1 rings (SSSR count). The van der Waals surface area contributed by atoms with Crippen molar-refractivity contribution in [2.24, 2.45) is 0 Å². The molecule has 1 aromatic heterocycles. The van der Waals surface area contributed by atoms with Crippen molar-refractivity contribution >= 4 is 0 Å². The van der Waals surface area contributed by atoms with Crippen LogP contribution in [0, 0.1) is 0 Å². The Labute approximate surface area is 91.3 Å². The Hall–Kier alpha value is -0.940. The topological polar surface area (TPSA) is 54.8 Å². The molecule has 0 saturated carbocycles. The molecule has 0 spiro atoms. The Morgan fingerprint density at radius 1 is 1.20 bits per heavy atom. The molecule has 0 amide bonds. The largest absolute Gasteiger partial charge is 0.314 e. The van der Waals surface area contributed by atoms with E-state index in [4.69, 9.17) is 0 Å². The van der Waals surface area contributed by atoms with Crippen molar-refractivity contribution < 1.29 is 0 Å². The number of nitrogens with one attached hydrogen (secondary N) is 2. The predicted octanol–water partition coefficient (Wildman–Crippen LogP) is 0.256. The lowest BCUT2D eigenvalue weighted by Crippen LogP contribution is -2.40. The number of nitrogens with zero attached hydrogens (tertiary/aromatic N) is 3. The van der Waals surface area contributed by atoms with Crippen molar-refractivity contribution in [3.05, 3.63) is 12.7 Å².